The summed E-state index contributed by atoms with van der Waals surface area (Å²) in [6.07, 6.45) is 1.47. The number of amides is 1. The highest BCUT2D eigenvalue weighted by Crippen LogP contribution is 2.31. The van der Waals surface area contributed by atoms with Crippen molar-refractivity contribution in [3.8, 4) is 0 Å². The first-order valence-electron chi connectivity index (χ1n) is 6.86. The molecule has 110 valence electrons. The van der Waals surface area contributed by atoms with Gasteiger partial charge in [-0.3, -0.25) is 9.48 Å². The van der Waals surface area contributed by atoms with E-state index in [1.54, 1.807) is 6.20 Å². The first-order chi connectivity index (χ1) is 10.2. The Morgan fingerprint density at radius 3 is 3.10 bits per heavy atom. The van der Waals surface area contributed by atoms with Crippen LogP contribution in [0.15, 0.2) is 30.5 Å². The van der Waals surface area contributed by atoms with Crippen molar-refractivity contribution in [2.45, 2.75) is 25.1 Å². The van der Waals surface area contributed by atoms with Gasteiger partial charge >= 0.3 is 0 Å². The van der Waals surface area contributed by atoms with Crippen LogP contribution in [0.1, 0.15) is 27.7 Å². The van der Waals surface area contributed by atoms with Gasteiger partial charge in [-0.05, 0) is 11.1 Å². The van der Waals surface area contributed by atoms with Gasteiger partial charge in [0.25, 0.3) is 5.91 Å². The lowest BCUT2D eigenvalue weighted by Crippen LogP contribution is -2.34. The average molecular weight is 287 g/mol. The average Bonchev–Trinajstić information content (AvgIpc) is 3.05. The van der Waals surface area contributed by atoms with E-state index in [9.17, 15) is 9.90 Å². The van der Waals surface area contributed by atoms with Crippen molar-refractivity contribution >= 4 is 5.91 Å². The molecule has 0 unspecified atom stereocenters. The van der Waals surface area contributed by atoms with E-state index >= 15 is 0 Å². The zero-order valence-corrected chi connectivity index (χ0v) is 11.4. The Hall–Kier alpha value is -2.25. The van der Waals surface area contributed by atoms with Crippen LogP contribution in [0.4, 0.5) is 0 Å². The molecule has 1 aromatic carbocycles. The Bertz CT molecular complexity index is 654. The van der Waals surface area contributed by atoms with Crippen molar-refractivity contribution in [2.24, 2.45) is 5.73 Å². The summed E-state index contributed by atoms with van der Waals surface area (Å²) in [5.74, 6) is -0.348. The van der Waals surface area contributed by atoms with Gasteiger partial charge in [-0.25, -0.2) is 0 Å². The number of hydrogen-bond acceptors (Lipinski definition) is 5. The molecule has 2 atom stereocenters. The van der Waals surface area contributed by atoms with Gasteiger partial charge in [-0.1, -0.05) is 29.5 Å². The Kier molecular flexibility index (Phi) is 3.68. The molecule has 4 N–H and O–H groups in total. The fraction of sp³-hybridized carbons (Fsp3) is 0.357. The summed E-state index contributed by atoms with van der Waals surface area (Å²) in [5, 5.41) is 20.6. The number of fused-ring (bicyclic) bond motifs is 1. The topological polar surface area (TPSA) is 106 Å². The summed E-state index contributed by atoms with van der Waals surface area (Å²) in [5.41, 5.74) is 7.66. The lowest BCUT2D eigenvalue weighted by Gasteiger charge is -2.16. The van der Waals surface area contributed by atoms with Crippen molar-refractivity contribution in [1.82, 2.24) is 20.3 Å². The lowest BCUT2D eigenvalue weighted by atomic mass is 10.1. The molecule has 0 fully saturated rings. The van der Waals surface area contributed by atoms with Crippen LogP contribution in [0.2, 0.25) is 0 Å². The number of aliphatic hydroxyl groups is 1. The van der Waals surface area contributed by atoms with Crippen molar-refractivity contribution in [2.75, 3.05) is 6.54 Å². The minimum absolute atomic E-state index is 0.222. The second-order valence-electron chi connectivity index (χ2n) is 5.08. The summed E-state index contributed by atoms with van der Waals surface area (Å²) in [7, 11) is 0. The Labute approximate surface area is 121 Å². The second-order valence-corrected chi connectivity index (χ2v) is 5.08. The number of nitrogens with two attached hydrogens (primary N) is 1. The van der Waals surface area contributed by atoms with Gasteiger partial charge in [-0.2, -0.15) is 0 Å². The minimum atomic E-state index is -0.620. The first-order valence-corrected chi connectivity index (χ1v) is 6.86. The van der Waals surface area contributed by atoms with Crippen molar-refractivity contribution < 1.29 is 9.90 Å². The summed E-state index contributed by atoms with van der Waals surface area (Å²) in [4.78, 5) is 12.2. The standard InChI is InChI=1S/C14H17N5O2/c15-5-6-19-8-11(17-18-19)14(21)16-13-10-4-2-1-3-9(10)7-12(13)20/h1-4,8,12-13,20H,5-7,15H2,(H,16,21)/t12-,13+/m1/s1. The van der Waals surface area contributed by atoms with Crippen LogP contribution in [-0.4, -0.2) is 38.7 Å². The number of benzene rings is 1. The molecule has 1 aliphatic carbocycles. The molecule has 0 saturated carbocycles. The van der Waals surface area contributed by atoms with Gasteiger partial charge in [0.15, 0.2) is 5.69 Å². The second kappa shape index (κ2) is 5.63. The van der Waals surface area contributed by atoms with Crippen LogP contribution < -0.4 is 11.1 Å². The van der Waals surface area contributed by atoms with Gasteiger partial charge in [0.05, 0.1) is 24.9 Å². The molecular formula is C14H17N5O2. The molecule has 0 spiro atoms. The van der Waals surface area contributed by atoms with E-state index in [0.29, 0.717) is 19.5 Å². The van der Waals surface area contributed by atoms with Gasteiger partial charge in [0.1, 0.15) is 0 Å². The summed E-state index contributed by atoms with van der Waals surface area (Å²) in [6, 6.07) is 7.29. The maximum absolute atomic E-state index is 12.2. The van der Waals surface area contributed by atoms with Crippen LogP contribution in [0.25, 0.3) is 0 Å². The quantitative estimate of drug-likeness (QED) is 0.711. The lowest BCUT2D eigenvalue weighted by molar-refractivity contribution is 0.0853. The highest BCUT2D eigenvalue weighted by Gasteiger charge is 2.32. The number of carbonyl (C=O) groups is 1. The van der Waals surface area contributed by atoms with Crippen LogP contribution >= 0.6 is 0 Å². The smallest absolute Gasteiger partial charge is 0.274 e. The number of rotatable bonds is 4. The van der Waals surface area contributed by atoms with Crippen LogP contribution in [0, 0.1) is 0 Å². The molecule has 2 aromatic rings. The van der Waals surface area contributed by atoms with Crippen molar-refractivity contribution in [1.29, 1.82) is 0 Å². The van der Waals surface area contributed by atoms with E-state index in [-0.39, 0.29) is 11.6 Å². The number of hydrogen-bond donors (Lipinski definition) is 3. The van der Waals surface area contributed by atoms with Gasteiger partial charge in [0, 0.05) is 13.0 Å². The zero-order chi connectivity index (χ0) is 14.8. The third kappa shape index (κ3) is 2.65. The SMILES string of the molecule is NCCn1cc(C(=O)N[C@H]2c3ccccc3C[C@H]2O)nn1. The third-order valence-corrected chi connectivity index (χ3v) is 3.62. The van der Waals surface area contributed by atoms with Crippen molar-refractivity contribution in [3.63, 3.8) is 0 Å². The predicted octanol–water partition coefficient (Wildman–Crippen LogP) is -0.375. The van der Waals surface area contributed by atoms with Crippen molar-refractivity contribution in [3.05, 3.63) is 47.3 Å². The van der Waals surface area contributed by atoms with Gasteiger partial charge < -0.3 is 16.2 Å². The van der Waals surface area contributed by atoms with E-state index in [4.69, 9.17) is 5.73 Å². The maximum Gasteiger partial charge on any atom is 0.274 e. The molecule has 7 heteroatoms. The third-order valence-electron chi connectivity index (χ3n) is 3.62. The maximum atomic E-state index is 12.2. The minimum Gasteiger partial charge on any atom is -0.390 e. The summed E-state index contributed by atoms with van der Waals surface area (Å²) < 4.78 is 1.52. The van der Waals surface area contributed by atoms with Gasteiger partial charge in [0.2, 0.25) is 0 Å². The molecule has 1 amide bonds. The van der Waals surface area contributed by atoms with E-state index in [1.165, 1.54) is 4.68 Å². The van der Waals surface area contributed by atoms with Crippen LogP contribution in [0.3, 0.4) is 0 Å². The normalized spacial score (nSPS) is 20.3. The molecule has 21 heavy (non-hydrogen) atoms. The molecule has 1 heterocycles. The number of aliphatic hydroxyl groups excluding tert-OH is 1. The molecule has 1 aliphatic rings. The molecule has 0 bridgehead atoms. The summed E-state index contributed by atoms with van der Waals surface area (Å²) >= 11 is 0. The molecule has 0 radical (unpaired) electrons. The Balaban J connectivity index is 1.75. The molecule has 1 aromatic heterocycles. The fourth-order valence-electron chi connectivity index (χ4n) is 2.61. The Morgan fingerprint density at radius 1 is 1.48 bits per heavy atom. The van der Waals surface area contributed by atoms with E-state index < -0.39 is 12.1 Å². The number of carbonyl (C=O) groups excluding carboxylic acids is 1. The highest BCUT2D eigenvalue weighted by molar-refractivity contribution is 5.92. The number of nitrogens with zero attached hydrogens (tertiary/aromatic N) is 3. The largest absolute Gasteiger partial charge is 0.390 e. The van der Waals surface area contributed by atoms with E-state index in [2.05, 4.69) is 15.6 Å². The highest BCUT2D eigenvalue weighted by atomic mass is 16.3. The molecule has 0 saturated heterocycles. The predicted molar refractivity (Wildman–Crippen MR) is 75.4 cm³/mol. The Morgan fingerprint density at radius 2 is 2.29 bits per heavy atom. The number of aromatic nitrogens is 3. The summed E-state index contributed by atoms with van der Waals surface area (Å²) in [6.45, 7) is 0.939. The van der Waals surface area contributed by atoms with E-state index in [0.717, 1.165) is 11.1 Å². The number of nitrogens with one attached hydrogen (secondary N) is 1. The van der Waals surface area contributed by atoms with Gasteiger partial charge in [-0.15, -0.1) is 5.10 Å². The van der Waals surface area contributed by atoms with Crippen LogP contribution in [-0.2, 0) is 13.0 Å². The monoisotopic (exact) mass is 287 g/mol. The molecule has 3 rings (SSSR count). The molecular weight excluding hydrogens is 270 g/mol. The van der Waals surface area contributed by atoms with E-state index in [1.807, 2.05) is 24.3 Å². The fourth-order valence-corrected chi connectivity index (χ4v) is 2.61. The molecule has 0 aliphatic heterocycles. The first kappa shape index (κ1) is 13.7. The zero-order valence-electron chi connectivity index (χ0n) is 11.4. The van der Waals surface area contributed by atoms with Crippen LogP contribution in [0.5, 0.6) is 0 Å². The molecule has 7 nitrogen and oxygen atoms in total.